The molecule has 2 heteroatoms. The summed E-state index contributed by atoms with van der Waals surface area (Å²) in [5.41, 5.74) is 14.5. The molecule has 11 aromatic rings. The molecule has 0 radical (unpaired) electrons. The first kappa shape index (κ1) is 33.6. The van der Waals surface area contributed by atoms with Gasteiger partial charge in [0.2, 0.25) is 0 Å². The number of hydrogen-bond donors (Lipinski definition) is 0. The first-order valence-corrected chi connectivity index (χ1v) is 19.8. The molecular formula is C56H37NO. The van der Waals surface area contributed by atoms with Crippen LogP contribution in [0.3, 0.4) is 0 Å². The maximum absolute atomic E-state index is 6.40. The molecular weight excluding hydrogens is 703 g/mol. The molecule has 272 valence electrons. The van der Waals surface area contributed by atoms with Crippen molar-refractivity contribution in [2.24, 2.45) is 0 Å². The quantitative estimate of drug-likeness (QED) is 0.151. The maximum atomic E-state index is 6.40. The Labute approximate surface area is 337 Å². The fourth-order valence-corrected chi connectivity index (χ4v) is 8.50. The first-order chi connectivity index (χ1) is 28.7. The fourth-order valence-electron chi connectivity index (χ4n) is 8.50. The molecule has 0 atom stereocenters. The van der Waals surface area contributed by atoms with Crippen LogP contribution >= 0.6 is 0 Å². The van der Waals surface area contributed by atoms with Gasteiger partial charge in [0, 0.05) is 33.4 Å². The van der Waals surface area contributed by atoms with E-state index in [4.69, 9.17) is 4.42 Å². The monoisotopic (exact) mass is 739 g/mol. The molecule has 0 unspecified atom stereocenters. The third-order valence-corrected chi connectivity index (χ3v) is 11.5. The second-order valence-electron chi connectivity index (χ2n) is 14.9. The van der Waals surface area contributed by atoms with Crippen LogP contribution in [-0.2, 0) is 0 Å². The zero-order valence-electron chi connectivity index (χ0n) is 31.7. The molecule has 0 fully saturated rings. The molecule has 2 nitrogen and oxygen atoms in total. The van der Waals surface area contributed by atoms with Gasteiger partial charge in [-0.15, -0.1) is 0 Å². The highest BCUT2D eigenvalue weighted by Gasteiger charge is 2.16. The van der Waals surface area contributed by atoms with Crippen molar-refractivity contribution in [2.45, 2.75) is 0 Å². The lowest BCUT2D eigenvalue weighted by atomic mass is 9.96. The highest BCUT2D eigenvalue weighted by atomic mass is 16.3. The Balaban J connectivity index is 0.917. The van der Waals surface area contributed by atoms with Crippen molar-refractivity contribution < 1.29 is 4.42 Å². The molecule has 1 aromatic heterocycles. The van der Waals surface area contributed by atoms with Crippen LogP contribution in [-0.4, -0.2) is 0 Å². The maximum Gasteiger partial charge on any atom is 0.143 e. The topological polar surface area (TPSA) is 16.4 Å². The Bertz CT molecular complexity index is 3230. The number of rotatable bonds is 7. The summed E-state index contributed by atoms with van der Waals surface area (Å²) < 4.78 is 6.40. The van der Waals surface area contributed by atoms with Crippen molar-refractivity contribution in [3.63, 3.8) is 0 Å². The van der Waals surface area contributed by atoms with Crippen molar-refractivity contribution in [1.82, 2.24) is 0 Å². The average molecular weight is 740 g/mol. The Morgan fingerprint density at radius 1 is 0.276 bits per heavy atom. The second-order valence-corrected chi connectivity index (χ2v) is 14.9. The van der Waals surface area contributed by atoms with Gasteiger partial charge in [-0.1, -0.05) is 176 Å². The number of benzene rings is 10. The summed E-state index contributed by atoms with van der Waals surface area (Å²) >= 11 is 0. The smallest absolute Gasteiger partial charge is 0.143 e. The van der Waals surface area contributed by atoms with Gasteiger partial charge >= 0.3 is 0 Å². The van der Waals surface area contributed by atoms with Crippen molar-refractivity contribution in [1.29, 1.82) is 0 Å². The van der Waals surface area contributed by atoms with Gasteiger partial charge in [0.05, 0.1) is 0 Å². The van der Waals surface area contributed by atoms with Crippen molar-refractivity contribution >= 4 is 60.5 Å². The zero-order chi connectivity index (χ0) is 38.4. The Hall–Kier alpha value is -7.68. The van der Waals surface area contributed by atoms with Crippen LogP contribution < -0.4 is 4.90 Å². The summed E-state index contributed by atoms with van der Waals surface area (Å²) in [7, 11) is 0. The van der Waals surface area contributed by atoms with Crippen molar-refractivity contribution in [3.8, 4) is 44.5 Å². The number of nitrogens with zero attached hydrogens (tertiary/aromatic N) is 1. The molecule has 1 heterocycles. The van der Waals surface area contributed by atoms with Gasteiger partial charge in [0.1, 0.15) is 11.2 Å². The number of furan rings is 1. The lowest BCUT2D eigenvalue weighted by molar-refractivity contribution is 0.670. The minimum atomic E-state index is 0.907. The van der Waals surface area contributed by atoms with E-state index in [1.807, 2.05) is 12.1 Å². The van der Waals surface area contributed by atoms with Crippen LogP contribution in [0.2, 0.25) is 0 Å². The van der Waals surface area contributed by atoms with Crippen LogP contribution in [0.4, 0.5) is 17.1 Å². The Morgan fingerprint density at radius 2 is 0.741 bits per heavy atom. The third-order valence-electron chi connectivity index (χ3n) is 11.5. The first-order valence-electron chi connectivity index (χ1n) is 19.8. The van der Waals surface area contributed by atoms with E-state index in [9.17, 15) is 0 Å². The van der Waals surface area contributed by atoms with E-state index in [-0.39, 0.29) is 0 Å². The number of hydrogen-bond acceptors (Lipinski definition) is 2. The van der Waals surface area contributed by atoms with E-state index in [0.29, 0.717) is 0 Å². The standard InChI is InChI=1S/C56H37NO/c1-2-9-38(10-3-1)40-23-30-47(31-24-40)57(49-34-27-44(28-35-49)52-14-8-15-54-53-13-6-7-16-55(53)58-56(52)54)48-32-25-41(26-33-48)39-17-19-42(20-18-39)45-29-36-51-46(37-45)22-21-43-11-4-5-12-50(43)51/h1-37H. The molecule has 0 saturated heterocycles. The van der Waals surface area contributed by atoms with Gasteiger partial charge in [-0.05, 0) is 109 Å². The van der Waals surface area contributed by atoms with Crippen molar-refractivity contribution in [3.05, 3.63) is 224 Å². The van der Waals surface area contributed by atoms with Gasteiger partial charge in [0.25, 0.3) is 0 Å². The molecule has 0 N–H and O–H groups in total. The fraction of sp³-hybridized carbons (Fsp3) is 0. The van der Waals surface area contributed by atoms with E-state index >= 15 is 0 Å². The summed E-state index contributed by atoms with van der Waals surface area (Å²) in [6.07, 6.45) is 0. The highest BCUT2D eigenvalue weighted by Crippen LogP contribution is 2.40. The SMILES string of the molecule is c1ccc(-c2ccc(N(c3ccc(-c4ccc(-c5ccc6c(ccc7ccccc76)c5)cc4)cc3)c3ccc(-c4cccc5c4oc4ccccc45)cc3)cc2)cc1. The summed E-state index contributed by atoms with van der Waals surface area (Å²) in [6, 6.07) is 80.6. The van der Waals surface area contributed by atoms with E-state index in [1.54, 1.807) is 0 Å². The number of para-hydroxylation sites is 2. The minimum Gasteiger partial charge on any atom is -0.455 e. The molecule has 0 amide bonds. The predicted octanol–water partition coefficient (Wildman–Crippen LogP) is 16.0. The largest absolute Gasteiger partial charge is 0.455 e. The molecule has 0 aliphatic heterocycles. The molecule has 0 aliphatic rings. The van der Waals surface area contributed by atoms with Crippen LogP contribution in [0.5, 0.6) is 0 Å². The van der Waals surface area contributed by atoms with Crippen LogP contribution in [0.15, 0.2) is 229 Å². The van der Waals surface area contributed by atoms with Gasteiger partial charge < -0.3 is 9.32 Å². The van der Waals surface area contributed by atoms with E-state index in [1.165, 1.54) is 54.9 Å². The molecule has 0 bridgehead atoms. The summed E-state index contributed by atoms with van der Waals surface area (Å²) in [5, 5.41) is 7.38. The minimum absolute atomic E-state index is 0.907. The molecule has 0 spiro atoms. The average Bonchev–Trinajstić information content (AvgIpc) is 3.69. The van der Waals surface area contributed by atoms with Gasteiger partial charge in [-0.3, -0.25) is 0 Å². The predicted molar refractivity (Wildman–Crippen MR) is 245 cm³/mol. The third kappa shape index (κ3) is 6.00. The van der Waals surface area contributed by atoms with Crippen molar-refractivity contribution in [2.75, 3.05) is 4.90 Å². The number of fused-ring (bicyclic) bond motifs is 6. The van der Waals surface area contributed by atoms with E-state index in [0.717, 1.165) is 50.1 Å². The molecule has 0 saturated carbocycles. The Kier molecular flexibility index (Phi) is 8.19. The van der Waals surface area contributed by atoms with Gasteiger partial charge in [-0.2, -0.15) is 0 Å². The molecule has 11 rings (SSSR count). The summed E-state index contributed by atoms with van der Waals surface area (Å²) in [5.74, 6) is 0. The second kappa shape index (κ2) is 14.1. The molecule has 0 aliphatic carbocycles. The normalized spacial score (nSPS) is 11.4. The zero-order valence-corrected chi connectivity index (χ0v) is 31.7. The van der Waals surface area contributed by atoms with Gasteiger partial charge in [-0.25, -0.2) is 0 Å². The Morgan fingerprint density at radius 3 is 1.41 bits per heavy atom. The van der Waals surface area contributed by atoms with Crippen LogP contribution in [0, 0.1) is 0 Å². The van der Waals surface area contributed by atoms with Gasteiger partial charge in [0.15, 0.2) is 0 Å². The highest BCUT2D eigenvalue weighted by molar-refractivity contribution is 6.10. The molecule has 58 heavy (non-hydrogen) atoms. The lowest BCUT2D eigenvalue weighted by Crippen LogP contribution is -2.09. The van der Waals surface area contributed by atoms with Crippen LogP contribution in [0.1, 0.15) is 0 Å². The summed E-state index contributed by atoms with van der Waals surface area (Å²) in [6.45, 7) is 0. The lowest BCUT2D eigenvalue weighted by Gasteiger charge is -2.26. The number of anilines is 3. The van der Waals surface area contributed by atoms with Crippen LogP contribution in [0.25, 0.3) is 88.0 Å². The van der Waals surface area contributed by atoms with E-state index in [2.05, 4.69) is 217 Å². The summed E-state index contributed by atoms with van der Waals surface area (Å²) in [4.78, 5) is 2.33. The van der Waals surface area contributed by atoms with E-state index < -0.39 is 0 Å². The molecule has 10 aromatic carbocycles.